The summed E-state index contributed by atoms with van der Waals surface area (Å²) in [5.74, 6) is 1.26. The number of nitrogens with one attached hydrogen (secondary N) is 3. The zero-order valence-electron chi connectivity index (χ0n) is 23.2. The van der Waals surface area contributed by atoms with Gasteiger partial charge in [0.05, 0.1) is 18.6 Å². The molecule has 4 N–H and O–H groups in total. The minimum Gasteiger partial charge on any atom is -0.494 e. The quantitative estimate of drug-likeness (QED) is 0.109. The van der Waals surface area contributed by atoms with Crippen LogP contribution in [0.5, 0.6) is 5.75 Å². The third-order valence-electron chi connectivity index (χ3n) is 7.78. The molecule has 10 heteroatoms. The van der Waals surface area contributed by atoms with Gasteiger partial charge >= 0.3 is 0 Å². The van der Waals surface area contributed by atoms with Gasteiger partial charge in [0, 0.05) is 30.8 Å². The van der Waals surface area contributed by atoms with Crippen LogP contribution in [0.25, 0.3) is 11.2 Å². The van der Waals surface area contributed by atoms with Crippen molar-refractivity contribution in [2.45, 2.75) is 95.7 Å². The molecule has 2 fully saturated rings. The molecule has 1 aliphatic heterocycles. The summed E-state index contributed by atoms with van der Waals surface area (Å²) >= 11 is 0. The molecule has 1 saturated carbocycles. The van der Waals surface area contributed by atoms with Crippen LogP contribution in [-0.4, -0.2) is 44.9 Å². The first-order valence-corrected chi connectivity index (χ1v) is 14.9. The highest BCUT2D eigenvalue weighted by atomic mass is 16.5. The van der Waals surface area contributed by atoms with Gasteiger partial charge in [-0.1, -0.05) is 32.1 Å². The lowest BCUT2D eigenvalue weighted by Gasteiger charge is -2.25. The van der Waals surface area contributed by atoms with Gasteiger partial charge in [-0.25, -0.2) is 15.4 Å². The summed E-state index contributed by atoms with van der Waals surface area (Å²) in [5.41, 5.74) is 5.35. The lowest BCUT2D eigenvalue weighted by Crippen LogP contribution is -2.22. The Morgan fingerprint density at radius 3 is 2.60 bits per heavy atom. The zero-order chi connectivity index (χ0) is 27.6. The van der Waals surface area contributed by atoms with Crippen LogP contribution in [0.3, 0.4) is 0 Å². The number of carbonyl (C=O) groups is 1. The van der Waals surface area contributed by atoms with E-state index in [1.165, 1.54) is 32.1 Å². The van der Waals surface area contributed by atoms with Gasteiger partial charge in [0.1, 0.15) is 23.3 Å². The number of pyridine rings is 1. The predicted octanol–water partition coefficient (Wildman–Crippen LogP) is 6.45. The fourth-order valence-corrected chi connectivity index (χ4v) is 5.57. The third-order valence-corrected chi connectivity index (χ3v) is 7.78. The maximum atomic E-state index is 11.0. The molecule has 1 aliphatic carbocycles. The highest BCUT2D eigenvalue weighted by Gasteiger charge is 2.22. The minimum atomic E-state index is -0.333. The normalized spacial score (nSPS) is 18.0. The van der Waals surface area contributed by atoms with Crippen LogP contribution in [0.1, 0.15) is 89.7 Å². The molecule has 5 rings (SSSR count). The van der Waals surface area contributed by atoms with Crippen molar-refractivity contribution in [3.8, 4) is 5.75 Å². The molecule has 1 saturated heterocycles. The lowest BCUT2D eigenvalue weighted by atomic mass is 9.95. The van der Waals surface area contributed by atoms with Crippen molar-refractivity contribution in [1.29, 1.82) is 0 Å². The molecule has 216 valence electrons. The largest absolute Gasteiger partial charge is 0.494 e. The maximum absolute atomic E-state index is 11.0. The number of amides is 1. The van der Waals surface area contributed by atoms with Crippen LogP contribution in [0.2, 0.25) is 0 Å². The Kier molecular flexibility index (Phi) is 10.1. The molecule has 0 spiro atoms. The van der Waals surface area contributed by atoms with Crippen LogP contribution in [0, 0.1) is 0 Å². The minimum absolute atomic E-state index is 0.0273. The Balaban J connectivity index is 1.23. The highest BCUT2D eigenvalue weighted by molar-refractivity contribution is 5.88. The summed E-state index contributed by atoms with van der Waals surface area (Å²) in [4.78, 5) is 20.8. The molecule has 2 aliphatic rings. The SMILES string of the molecule is O=C(CCCCCCOc1ccc(Nc2cc(NC3CCCCC3)c3ncn(C4CCCCO4)c3n2)cc1)NO. The summed E-state index contributed by atoms with van der Waals surface area (Å²) in [6, 6.07) is 10.5. The number of carbonyl (C=O) groups excluding carboxylic acids is 1. The molecule has 1 atom stereocenters. The molecule has 3 aromatic rings. The Morgan fingerprint density at radius 2 is 1.82 bits per heavy atom. The highest BCUT2D eigenvalue weighted by Crippen LogP contribution is 2.33. The summed E-state index contributed by atoms with van der Waals surface area (Å²) in [6.07, 6.45) is 15.2. The average molecular weight is 551 g/mol. The second-order valence-electron chi connectivity index (χ2n) is 10.9. The Hall–Kier alpha value is -3.37. The van der Waals surface area contributed by atoms with Gasteiger partial charge in [0.25, 0.3) is 0 Å². The number of nitrogens with zero attached hydrogens (tertiary/aromatic N) is 3. The van der Waals surface area contributed by atoms with E-state index in [9.17, 15) is 4.79 Å². The van der Waals surface area contributed by atoms with Crippen molar-refractivity contribution in [3.63, 3.8) is 0 Å². The monoisotopic (exact) mass is 550 g/mol. The predicted molar refractivity (Wildman–Crippen MR) is 155 cm³/mol. The number of imidazole rings is 1. The fraction of sp³-hybridized carbons (Fsp3) is 0.567. The van der Waals surface area contributed by atoms with Crippen molar-refractivity contribution in [2.24, 2.45) is 0 Å². The number of hydroxylamine groups is 1. The first kappa shape index (κ1) is 28.2. The van der Waals surface area contributed by atoms with Crippen LogP contribution in [0.4, 0.5) is 17.2 Å². The second kappa shape index (κ2) is 14.3. The second-order valence-corrected chi connectivity index (χ2v) is 10.9. The number of benzene rings is 1. The summed E-state index contributed by atoms with van der Waals surface area (Å²) < 4.78 is 14.1. The van der Waals surface area contributed by atoms with E-state index < -0.39 is 0 Å². The molecule has 10 nitrogen and oxygen atoms in total. The Bertz CT molecular complexity index is 1220. The van der Waals surface area contributed by atoms with E-state index in [0.29, 0.717) is 19.1 Å². The number of rotatable bonds is 13. The van der Waals surface area contributed by atoms with E-state index in [0.717, 1.165) is 85.7 Å². The average Bonchev–Trinajstić information content (AvgIpc) is 3.43. The smallest absolute Gasteiger partial charge is 0.243 e. The molecule has 0 bridgehead atoms. The van der Waals surface area contributed by atoms with Crippen molar-refractivity contribution in [2.75, 3.05) is 23.8 Å². The molecule has 3 heterocycles. The van der Waals surface area contributed by atoms with Crippen LogP contribution < -0.4 is 20.9 Å². The zero-order valence-corrected chi connectivity index (χ0v) is 23.2. The topological polar surface area (TPSA) is 123 Å². The molecule has 1 amide bonds. The Morgan fingerprint density at radius 1 is 1.02 bits per heavy atom. The fourth-order valence-electron chi connectivity index (χ4n) is 5.57. The van der Waals surface area contributed by atoms with Gasteiger partial charge in [-0.15, -0.1) is 0 Å². The molecule has 2 aromatic heterocycles. The van der Waals surface area contributed by atoms with Crippen LogP contribution >= 0.6 is 0 Å². The molecular weight excluding hydrogens is 508 g/mol. The standard InChI is InChI=1S/C30H42N6O4/c37-27(35-38)12-6-1-2-8-18-39-24-16-14-23(15-17-24)33-26-20-25(32-22-10-4-3-5-11-22)29-30(34-26)36(21-31-29)28-13-7-9-19-40-28/h14-17,20-22,28,38H,1-13,18-19H2,(H,35,37)(H2,32,33,34). The van der Waals surface area contributed by atoms with Gasteiger partial charge in [0.2, 0.25) is 5.91 Å². The third kappa shape index (κ3) is 7.63. The number of hydrogen-bond acceptors (Lipinski definition) is 8. The van der Waals surface area contributed by atoms with Crippen molar-refractivity contribution < 1.29 is 19.5 Å². The first-order valence-electron chi connectivity index (χ1n) is 14.9. The molecular formula is C30H42N6O4. The van der Waals surface area contributed by atoms with E-state index in [2.05, 4.69) is 21.3 Å². The van der Waals surface area contributed by atoms with Crippen LogP contribution in [0.15, 0.2) is 36.7 Å². The summed E-state index contributed by atoms with van der Waals surface area (Å²) in [5, 5.41) is 15.8. The number of anilines is 3. The van der Waals surface area contributed by atoms with Gasteiger partial charge in [-0.05, 0) is 69.2 Å². The van der Waals surface area contributed by atoms with Crippen molar-refractivity contribution in [1.82, 2.24) is 20.0 Å². The molecule has 1 aromatic carbocycles. The maximum Gasteiger partial charge on any atom is 0.243 e. The lowest BCUT2D eigenvalue weighted by molar-refractivity contribution is -0.129. The van der Waals surface area contributed by atoms with E-state index in [1.54, 1.807) is 5.48 Å². The van der Waals surface area contributed by atoms with Crippen LogP contribution in [-0.2, 0) is 9.53 Å². The van der Waals surface area contributed by atoms with E-state index in [1.807, 2.05) is 30.6 Å². The first-order chi connectivity index (χ1) is 19.7. The number of unbranched alkanes of at least 4 members (excludes halogenated alkanes) is 3. The van der Waals surface area contributed by atoms with E-state index >= 15 is 0 Å². The number of ether oxygens (including phenoxy) is 2. The van der Waals surface area contributed by atoms with E-state index in [-0.39, 0.29) is 12.1 Å². The number of fused-ring (bicyclic) bond motifs is 1. The van der Waals surface area contributed by atoms with Gasteiger partial charge < -0.3 is 20.1 Å². The van der Waals surface area contributed by atoms with Gasteiger partial charge in [-0.3, -0.25) is 14.6 Å². The Labute approximate surface area is 235 Å². The number of hydrogen-bond donors (Lipinski definition) is 4. The summed E-state index contributed by atoms with van der Waals surface area (Å²) in [7, 11) is 0. The molecule has 0 radical (unpaired) electrons. The van der Waals surface area contributed by atoms with Gasteiger partial charge in [-0.2, -0.15) is 0 Å². The van der Waals surface area contributed by atoms with E-state index in [4.69, 9.17) is 24.6 Å². The number of aromatic nitrogens is 3. The van der Waals surface area contributed by atoms with Crippen molar-refractivity contribution >= 4 is 34.3 Å². The van der Waals surface area contributed by atoms with Gasteiger partial charge in [0.15, 0.2) is 5.65 Å². The molecule has 40 heavy (non-hydrogen) atoms. The summed E-state index contributed by atoms with van der Waals surface area (Å²) in [6.45, 7) is 1.40. The van der Waals surface area contributed by atoms with Crippen molar-refractivity contribution in [3.05, 3.63) is 36.7 Å². The molecule has 1 unspecified atom stereocenters.